The summed E-state index contributed by atoms with van der Waals surface area (Å²) >= 11 is 0. The fourth-order valence-corrected chi connectivity index (χ4v) is 4.13. The summed E-state index contributed by atoms with van der Waals surface area (Å²) in [5.74, 6) is -0.538. The van der Waals surface area contributed by atoms with E-state index in [4.69, 9.17) is 0 Å². The van der Waals surface area contributed by atoms with Crippen LogP contribution in [0.2, 0.25) is 0 Å². The quantitative estimate of drug-likeness (QED) is 0.886. The molecule has 3 rings (SSSR count). The second kappa shape index (κ2) is 7.45. The minimum Gasteiger partial charge on any atom is -0.336 e. The number of hydrogen-bond acceptors (Lipinski definition) is 3. The minimum atomic E-state index is -3.80. The molecule has 7 heteroatoms. The van der Waals surface area contributed by atoms with E-state index in [2.05, 4.69) is 4.72 Å². The number of halogens is 1. The molecule has 5 nitrogen and oxygen atoms in total. The highest BCUT2D eigenvalue weighted by atomic mass is 32.2. The second-order valence-electron chi connectivity index (χ2n) is 6.48. The van der Waals surface area contributed by atoms with Crippen LogP contribution >= 0.6 is 0 Å². The van der Waals surface area contributed by atoms with Crippen molar-refractivity contribution >= 4 is 21.6 Å². The topological polar surface area (TPSA) is 66.5 Å². The molecule has 2 aromatic carbocycles. The molecule has 1 amide bonds. The van der Waals surface area contributed by atoms with Gasteiger partial charge in [0.05, 0.1) is 4.90 Å². The zero-order chi connectivity index (χ0) is 18.7. The van der Waals surface area contributed by atoms with Crippen molar-refractivity contribution in [1.82, 2.24) is 4.90 Å². The number of anilines is 1. The van der Waals surface area contributed by atoms with Gasteiger partial charge in [-0.05, 0) is 74.7 Å². The molecule has 0 bridgehead atoms. The van der Waals surface area contributed by atoms with Crippen LogP contribution in [0.15, 0.2) is 53.4 Å². The highest BCUT2D eigenvalue weighted by molar-refractivity contribution is 7.92. The van der Waals surface area contributed by atoms with Crippen LogP contribution in [-0.2, 0) is 10.0 Å². The van der Waals surface area contributed by atoms with Crippen LogP contribution in [0.5, 0.6) is 0 Å². The van der Waals surface area contributed by atoms with Gasteiger partial charge in [-0.15, -0.1) is 0 Å². The summed E-state index contributed by atoms with van der Waals surface area (Å²) in [4.78, 5) is 14.4. The number of hydrogen-bond donors (Lipinski definition) is 1. The van der Waals surface area contributed by atoms with Gasteiger partial charge < -0.3 is 4.90 Å². The van der Waals surface area contributed by atoms with Gasteiger partial charge in [-0.25, -0.2) is 12.8 Å². The average molecular weight is 376 g/mol. The van der Waals surface area contributed by atoms with E-state index < -0.39 is 15.8 Å². The standard InChI is InChI=1S/C19H21FN2O3S/c1-14-4-2-3-13-22(14)19(23)15-5-9-17(10-6-15)21-26(24,25)18-11-7-16(20)8-12-18/h5-12,14,21H,2-4,13H2,1H3/t14-/m1/s1. The lowest BCUT2D eigenvalue weighted by atomic mass is 10.0. The lowest BCUT2D eigenvalue weighted by Crippen LogP contribution is -2.42. The first kappa shape index (κ1) is 18.4. The number of rotatable bonds is 4. The van der Waals surface area contributed by atoms with Crippen molar-refractivity contribution in [3.05, 3.63) is 59.9 Å². The van der Waals surface area contributed by atoms with Gasteiger partial charge in [0.15, 0.2) is 0 Å². The summed E-state index contributed by atoms with van der Waals surface area (Å²) < 4.78 is 40.0. The number of nitrogens with one attached hydrogen (secondary N) is 1. The monoisotopic (exact) mass is 376 g/mol. The lowest BCUT2D eigenvalue weighted by molar-refractivity contribution is 0.0635. The van der Waals surface area contributed by atoms with Crippen molar-refractivity contribution in [2.24, 2.45) is 0 Å². The third-order valence-corrected chi connectivity index (χ3v) is 5.97. The number of carbonyl (C=O) groups excluding carboxylic acids is 1. The van der Waals surface area contributed by atoms with E-state index in [1.165, 1.54) is 12.1 Å². The molecule has 1 N–H and O–H groups in total. The van der Waals surface area contributed by atoms with Crippen LogP contribution in [0, 0.1) is 5.82 Å². The molecule has 0 radical (unpaired) electrons. The van der Waals surface area contributed by atoms with E-state index in [1.54, 1.807) is 24.3 Å². The molecular formula is C19H21FN2O3S. The first-order chi connectivity index (χ1) is 12.4. The molecule has 0 unspecified atom stereocenters. The molecule has 1 aliphatic heterocycles. The van der Waals surface area contributed by atoms with Crippen LogP contribution in [-0.4, -0.2) is 31.8 Å². The largest absolute Gasteiger partial charge is 0.336 e. The minimum absolute atomic E-state index is 0.0267. The van der Waals surface area contributed by atoms with Crippen LogP contribution in [0.1, 0.15) is 36.5 Å². The van der Waals surface area contributed by atoms with E-state index >= 15 is 0 Å². The summed E-state index contributed by atoms with van der Waals surface area (Å²) in [6, 6.07) is 11.2. The molecule has 1 heterocycles. The number of nitrogens with zero attached hydrogens (tertiary/aromatic N) is 1. The third-order valence-electron chi connectivity index (χ3n) is 4.57. The van der Waals surface area contributed by atoms with E-state index in [0.29, 0.717) is 11.3 Å². The van der Waals surface area contributed by atoms with Gasteiger partial charge in [0.2, 0.25) is 0 Å². The summed E-state index contributed by atoms with van der Waals surface area (Å²) in [5.41, 5.74) is 0.876. The zero-order valence-electron chi connectivity index (χ0n) is 14.5. The van der Waals surface area contributed by atoms with Crippen LogP contribution in [0.4, 0.5) is 10.1 Å². The fourth-order valence-electron chi connectivity index (χ4n) is 3.07. The van der Waals surface area contributed by atoms with Gasteiger partial charge in [-0.1, -0.05) is 0 Å². The van der Waals surface area contributed by atoms with Crippen molar-refractivity contribution in [1.29, 1.82) is 0 Å². The second-order valence-corrected chi connectivity index (χ2v) is 8.16. The number of piperidine rings is 1. The Kier molecular flexibility index (Phi) is 5.27. The number of sulfonamides is 1. The van der Waals surface area contributed by atoms with Gasteiger partial charge in [-0.2, -0.15) is 0 Å². The van der Waals surface area contributed by atoms with Gasteiger partial charge >= 0.3 is 0 Å². The van der Waals surface area contributed by atoms with Gasteiger partial charge in [0.1, 0.15) is 5.82 Å². The highest BCUT2D eigenvalue weighted by Crippen LogP contribution is 2.21. The Morgan fingerprint density at radius 3 is 2.35 bits per heavy atom. The van der Waals surface area contributed by atoms with E-state index in [9.17, 15) is 17.6 Å². The Bertz CT molecular complexity index is 880. The molecule has 2 aromatic rings. The van der Waals surface area contributed by atoms with Gasteiger partial charge in [0.25, 0.3) is 15.9 Å². The molecule has 138 valence electrons. The molecule has 0 aliphatic carbocycles. The molecule has 0 spiro atoms. The lowest BCUT2D eigenvalue weighted by Gasteiger charge is -2.33. The summed E-state index contributed by atoms with van der Waals surface area (Å²) in [6.45, 7) is 2.79. The highest BCUT2D eigenvalue weighted by Gasteiger charge is 2.24. The molecule has 1 fully saturated rings. The van der Waals surface area contributed by atoms with Crippen molar-refractivity contribution in [2.45, 2.75) is 37.1 Å². The average Bonchev–Trinajstić information content (AvgIpc) is 2.62. The molecule has 26 heavy (non-hydrogen) atoms. The summed E-state index contributed by atoms with van der Waals surface area (Å²) in [5, 5.41) is 0. The molecule has 1 saturated heterocycles. The first-order valence-corrected chi connectivity index (χ1v) is 10.0. The van der Waals surface area contributed by atoms with Crippen LogP contribution in [0.25, 0.3) is 0 Å². The maximum absolute atomic E-state index is 13.0. The van der Waals surface area contributed by atoms with E-state index in [0.717, 1.165) is 37.9 Å². The molecule has 0 saturated carbocycles. The SMILES string of the molecule is C[C@@H]1CCCCN1C(=O)c1ccc(NS(=O)(=O)c2ccc(F)cc2)cc1. The van der Waals surface area contributed by atoms with Gasteiger partial charge in [0, 0.05) is 23.8 Å². The summed E-state index contributed by atoms with van der Waals surface area (Å²) in [6.07, 6.45) is 3.14. The fraction of sp³-hybridized carbons (Fsp3) is 0.316. The van der Waals surface area contributed by atoms with Crippen molar-refractivity contribution in [2.75, 3.05) is 11.3 Å². The summed E-state index contributed by atoms with van der Waals surface area (Å²) in [7, 11) is -3.80. The predicted molar refractivity (Wildman–Crippen MR) is 98.0 cm³/mol. The number of amides is 1. The van der Waals surface area contributed by atoms with E-state index in [1.807, 2.05) is 11.8 Å². The van der Waals surface area contributed by atoms with E-state index in [-0.39, 0.29) is 16.8 Å². The molecular weight excluding hydrogens is 355 g/mol. The Labute approximate surface area is 152 Å². The number of carbonyl (C=O) groups is 1. The van der Waals surface area contributed by atoms with Crippen molar-refractivity contribution in [3.8, 4) is 0 Å². The van der Waals surface area contributed by atoms with Crippen molar-refractivity contribution < 1.29 is 17.6 Å². The molecule has 1 aliphatic rings. The first-order valence-electron chi connectivity index (χ1n) is 8.56. The normalized spacial score (nSPS) is 17.8. The third kappa shape index (κ3) is 4.04. The maximum atomic E-state index is 13.0. The number of benzene rings is 2. The van der Waals surface area contributed by atoms with Gasteiger partial charge in [-0.3, -0.25) is 9.52 Å². The van der Waals surface area contributed by atoms with Crippen LogP contribution in [0.3, 0.4) is 0 Å². The predicted octanol–water partition coefficient (Wildman–Crippen LogP) is 3.64. The smallest absolute Gasteiger partial charge is 0.261 e. The Balaban J connectivity index is 1.73. The van der Waals surface area contributed by atoms with Crippen molar-refractivity contribution in [3.63, 3.8) is 0 Å². The Morgan fingerprint density at radius 2 is 1.73 bits per heavy atom. The molecule has 1 atom stereocenters. The van der Waals surface area contributed by atoms with Crippen LogP contribution < -0.4 is 4.72 Å². The maximum Gasteiger partial charge on any atom is 0.261 e. The molecule has 0 aromatic heterocycles. The Hall–Kier alpha value is -2.41. The Morgan fingerprint density at radius 1 is 1.08 bits per heavy atom. The number of likely N-dealkylation sites (tertiary alicyclic amines) is 1. The zero-order valence-corrected chi connectivity index (χ0v) is 15.3.